The van der Waals surface area contributed by atoms with Crippen molar-refractivity contribution in [2.75, 3.05) is 5.32 Å². The van der Waals surface area contributed by atoms with E-state index in [1.807, 2.05) is 48.8 Å². The van der Waals surface area contributed by atoms with Gasteiger partial charge < -0.3 is 9.88 Å². The SMILES string of the molecule is O=C(CCn1cncn1)Nc1cccc(Cn2cnc3ccccc32)c1. The number of nitrogens with zero attached hydrogens (tertiary/aromatic N) is 5. The van der Waals surface area contributed by atoms with E-state index in [0.717, 1.165) is 22.3 Å². The Kier molecular flexibility index (Phi) is 4.42. The minimum absolute atomic E-state index is 0.0502. The molecule has 26 heavy (non-hydrogen) atoms. The Morgan fingerprint density at radius 2 is 2.00 bits per heavy atom. The monoisotopic (exact) mass is 346 g/mol. The van der Waals surface area contributed by atoms with E-state index >= 15 is 0 Å². The summed E-state index contributed by atoms with van der Waals surface area (Å²) in [5, 5.41) is 6.93. The second-order valence-electron chi connectivity index (χ2n) is 6.02. The normalized spacial score (nSPS) is 10.9. The van der Waals surface area contributed by atoms with E-state index < -0.39 is 0 Å². The molecule has 0 saturated carbocycles. The predicted octanol–water partition coefficient (Wildman–Crippen LogP) is 2.70. The fraction of sp³-hybridized carbons (Fsp3) is 0.158. The van der Waals surface area contributed by atoms with Gasteiger partial charge >= 0.3 is 0 Å². The lowest BCUT2D eigenvalue weighted by atomic mass is 10.2. The van der Waals surface area contributed by atoms with Crippen molar-refractivity contribution in [3.63, 3.8) is 0 Å². The third-order valence-corrected chi connectivity index (χ3v) is 4.13. The Morgan fingerprint density at radius 1 is 1.08 bits per heavy atom. The van der Waals surface area contributed by atoms with Crippen molar-refractivity contribution >= 4 is 22.6 Å². The first-order chi connectivity index (χ1) is 12.8. The summed E-state index contributed by atoms with van der Waals surface area (Å²) in [6, 6.07) is 15.9. The molecule has 0 saturated heterocycles. The number of benzene rings is 2. The Labute approximate surface area is 150 Å². The summed E-state index contributed by atoms with van der Waals surface area (Å²) < 4.78 is 3.74. The maximum atomic E-state index is 12.1. The van der Waals surface area contributed by atoms with E-state index in [4.69, 9.17) is 0 Å². The third kappa shape index (κ3) is 3.61. The summed E-state index contributed by atoms with van der Waals surface area (Å²) in [6.45, 7) is 1.20. The highest BCUT2D eigenvalue weighted by atomic mass is 16.1. The molecule has 0 unspecified atom stereocenters. The number of anilines is 1. The van der Waals surface area contributed by atoms with Crippen LogP contribution >= 0.6 is 0 Å². The van der Waals surface area contributed by atoms with Crippen LogP contribution in [-0.2, 0) is 17.9 Å². The molecule has 2 heterocycles. The van der Waals surface area contributed by atoms with Crippen LogP contribution in [-0.4, -0.2) is 30.2 Å². The van der Waals surface area contributed by atoms with Crippen molar-refractivity contribution in [1.29, 1.82) is 0 Å². The number of rotatable bonds is 6. The number of amides is 1. The Morgan fingerprint density at radius 3 is 2.88 bits per heavy atom. The largest absolute Gasteiger partial charge is 0.326 e. The van der Waals surface area contributed by atoms with Gasteiger partial charge in [-0.05, 0) is 29.8 Å². The molecule has 0 aliphatic rings. The van der Waals surface area contributed by atoms with Crippen LogP contribution < -0.4 is 5.32 Å². The summed E-state index contributed by atoms with van der Waals surface area (Å²) in [4.78, 5) is 20.4. The summed E-state index contributed by atoms with van der Waals surface area (Å²) in [5.41, 5.74) is 3.96. The second kappa shape index (κ2) is 7.18. The van der Waals surface area contributed by atoms with Crippen LogP contribution in [0, 0.1) is 0 Å². The van der Waals surface area contributed by atoms with E-state index in [-0.39, 0.29) is 5.91 Å². The van der Waals surface area contributed by atoms with E-state index in [0.29, 0.717) is 19.5 Å². The van der Waals surface area contributed by atoms with Crippen LogP contribution in [0.25, 0.3) is 11.0 Å². The van der Waals surface area contributed by atoms with Crippen LogP contribution in [0.2, 0.25) is 0 Å². The van der Waals surface area contributed by atoms with Gasteiger partial charge in [0.05, 0.1) is 23.9 Å². The van der Waals surface area contributed by atoms with Gasteiger partial charge in [0.25, 0.3) is 0 Å². The molecule has 0 atom stereocenters. The maximum absolute atomic E-state index is 12.1. The van der Waals surface area contributed by atoms with Crippen LogP contribution in [0.3, 0.4) is 0 Å². The van der Waals surface area contributed by atoms with Crippen LogP contribution in [0.1, 0.15) is 12.0 Å². The smallest absolute Gasteiger partial charge is 0.226 e. The minimum atomic E-state index is -0.0502. The number of hydrogen-bond donors (Lipinski definition) is 1. The molecule has 2 aromatic carbocycles. The van der Waals surface area contributed by atoms with Crippen LogP contribution in [0.5, 0.6) is 0 Å². The van der Waals surface area contributed by atoms with Gasteiger partial charge in [-0.15, -0.1) is 0 Å². The summed E-state index contributed by atoms with van der Waals surface area (Å²) in [7, 11) is 0. The first-order valence-corrected chi connectivity index (χ1v) is 8.39. The molecule has 0 aliphatic heterocycles. The average molecular weight is 346 g/mol. The highest BCUT2D eigenvalue weighted by molar-refractivity contribution is 5.90. The molecule has 7 nitrogen and oxygen atoms in total. The Balaban J connectivity index is 1.42. The molecule has 0 bridgehead atoms. The average Bonchev–Trinajstić information content (AvgIpc) is 3.31. The molecule has 1 amide bonds. The number of nitrogens with one attached hydrogen (secondary N) is 1. The fourth-order valence-corrected chi connectivity index (χ4v) is 2.87. The first-order valence-electron chi connectivity index (χ1n) is 8.39. The number of fused-ring (bicyclic) bond motifs is 1. The molecule has 1 N–H and O–H groups in total. The lowest BCUT2D eigenvalue weighted by molar-refractivity contribution is -0.116. The van der Waals surface area contributed by atoms with Crippen molar-refractivity contribution in [3.8, 4) is 0 Å². The minimum Gasteiger partial charge on any atom is -0.326 e. The van der Waals surface area contributed by atoms with E-state index in [2.05, 4.69) is 31.0 Å². The molecule has 7 heteroatoms. The van der Waals surface area contributed by atoms with Gasteiger partial charge in [0, 0.05) is 18.7 Å². The second-order valence-corrected chi connectivity index (χ2v) is 6.02. The number of hydrogen-bond acceptors (Lipinski definition) is 4. The lowest BCUT2D eigenvalue weighted by Gasteiger charge is -2.09. The van der Waals surface area contributed by atoms with Crippen molar-refractivity contribution < 1.29 is 4.79 Å². The Hall–Kier alpha value is -3.48. The molecule has 0 aliphatic carbocycles. The van der Waals surface area contributed by atoms with Crippen molar-refractivity contribution in [3.05, 3.63) is 73.1 Å². The highest BCUT2D eigenvalue weighted by Crippen LogP contribution is 2.16. The van der Waals surface area contributed by atoms with Crippen LogP contribution in [0.15, 0.2) is 67.5 Å². The zero-order valence-electron chi connectivity index (χ0n) is 14.1. The number of imidazole rings is 1. The summed E-state index contributed by atoms with van der Waals surface area (Å²) >= 11 is 0. The first kappa shape index (κ1) is 16.0. The molecule has 0 radical (unpaired) electrons. The molecular formula is C19H18N6O. The quantitative estimate of drug-likeness (QED) is 0.582. The fourth-order valence-electron chi connectivity index (χ4n) is 2.87. The van der Waals surface area contributed by atoms with Gasteiger partial charge in [0.2, 0.25) is 5.91 Å². The van der Waals surface area contributed by atoms with Crippen molar-refractivity contribution in [1.82, 2.24) is 24.3 Å². The van der Waals surface area contributed by atoms with Gasteiger partial charge in [-0.2, -0.15) is 5.10 Å². The molecule has 0 spiro atoms. The van der Waals surface area contributed by atoms with Gasteiger partial charge in [-0.3, -0.25) is 9.48 Å². The summed E-state index contributed by atoms with van der Waals surface area (Å²) in [5.74, 6) is -0.0502. The molecule has 4 rings (SSSR count). The van der Waals surface area contributed by atoms with E-state index in [1.54, 1.807) is 11.0 Å². The predicted molar refractivity (Wildman–Crippen MR) is 98.5 cm³/mol. The highest BCUT2D eigenvalue weighted by Gasteiger charge is 2.06. The van der Waals surface area contributed by atoms with E-state index in [9.17, 15) is 4.79 Å². The topological polar surface area (TPSA) is 77.6 Å². The maximum Gasteiger partial charge on any atom is 0.226 e. The zero-order chi connectivity index (χ0) is 17.8. The van der Waals surface area contributed by atoms with Crippen LogP contribution in [0.4, 0.5) is 5.69 Å². The molecular weight excluding hydrogens is 328 g/mol. The van der Waals surface area contributed by atoms with Crippen molar-refractivity contribution in [2.24, 2.45) is 0 Å². The standard InChI is InChI=1S/C19H18N6O/c26-19(8-9-25-13-20-12-22-25)23-16-5-3-4-15(10-16)11-24-14-21-17-6-1-2-7-18(17)24/h1-7,10,12-14H,8-9,11H2,(H,23,26). The number of aromatic nitrogens is 5. The molecule has 4 aromatic rings. The molecule has 2 aromatic heterocycles. The zero-order valence-corrected chi connectivity index (χ0v) is 14.1. The Bertz CT molecular complexity index is 1020. The lowest BCUT2D eigenvalue weighted by Crippen LogP contribution is -2.15. The van der Waals surface area contributed by atoms with Gasteiger partial charge in [-0.25, -0.2) is 9.97 Å². The number of aryl methyl sites for hydroxylation is 1. The number of carbonyl (C=O) groups excluding carboxylic acids is 1. The van der Waals surface area contributed by atoms with Gasteiger partial charge in [0.1, 0.15) is 12.7 Å². The molecule has 0 fully saturated rings. The third-order valence-electron chi connectivity index (χ3n) is 4.13. The number of para-hydroxylation sites is 2. The molecule has 130 valence electrons. The van der Waals surface area contributed by atoms with E-state index in [1.165, 1.54) is 6.33 Å². The van der Waals surface area contributed by atoms with Gasteiger partial charge in [0.15, 0.2) is 0 Å². The van der Waals surface area contributed by atoms with Gasteiger partial charge in [-0.1, -0.05) is 24.3 Å². The van der Waals surface area contributed by atoms with Crippen molar-refractivity contribution in [2.45, 2.75) is 19.5 Å². The number of carbonyl (C=O) groups is 1. The summed E-state index contributed by atoms with van der Waals surface area (Å²) in [6.07, 6.45) is 5.25.